The number of pyridine rings is 1. The van der Waals surface area contributed by atoms with Crippen molar-refractivity contribution in [3.8, 4) is 0 Å². The van der Waals surface area contributed by atoms with Gasteiger partial charge in [0.1, 0.15) is 11.6 Å². The van der Waals surface area contributed by atoms with Gasteiger partial charge in [0.2, 0.25) is 0 Å². The highest BCUT2D eigenvalue weighted by molar-refractivity contribution is 6.03. The summed E-state index contributed by atoms with van der Waals surface area (Å²) < 4.78 is 36.5. The summed E-state index contributed by atoms with van der Waals surface area (Å²) in [5.41, 5.74) is 9.86. The van der Waals surface area contributed by atoms with E-state index in [1.54, 1.807) is 0 Å². The van der Waals surface area contributed by atoms with E-state index in [-0.39, 0.29) is 18.2 Å². The lowest BCUT2D eigenvalue weighted by molar-refractivity contribution is -0.0884. The zero-order chi connectivity index (χ0) is 13.1. The van der Waals surface area contributed by atoms with Crippen LogP contribution in [0.3, 0.4) is 0 Å². The predicted octanol–water partition coefficient (Wildman–Crippen LogP) is 1.20. The lowest BCUT2D eigenvalue weighted by Gasteiger charge is -2.09. The summed E-state index contributed by atoms with van der Waals surface area (Å²) in [5, 5.41) is 2.73. The number of rotatable bonds is 4. The van der Waals surface area contributed by atoms with E-state index in [0.717, 1.165) is 6.07 Å². The van der Waals surface area contributed by atoms with E-state index in [1.165, 1.54) is 6.07 Å². The van der Waals surface area contributed by atoms with Crippen molar-refractivity contribution >= 4 is 29.8 Å². The molecule has 0 fully saturated rings. The van der Waals surface area contributed by atoms with Crippen LogP contribution in [0.5, 0.6) is 0 Å². The summed E-state index contributed by atoms with van der Waals surface area (Å²) in [5.74, 6) is -2.20. The first kappa shape index (κ1) is 16.5. The quantitative estimate of drug-likeness (QED) is 0.722. The zero-order valence-electron chi connectivity index (χ0n) is 9.12. The monoisotopic (exact) mass is 284 g/mol. The van der Waals surface area contributed by atoms with E-state index in [4.69, 9.17) is 11.5 Å². The molecule has 0 atom stereocenters. The lowest BCUT2D eigenvalue weighted by Crippen LogP contribution is -2.24. The maximum Gasteiger partial charge on any atom is 0.455 e. The Bertz CT molecular complexity index is 425. The smallest absolute Gasteiger partial charge is 0.383 e. The third-order valence-corrected chi connectivity index (χ3v) is 1.88. The summed E-state index contributed by atoms with van der Waals surface area (Å²) in [6, 6.07) is 2.22. The molecule has 18 heavy (non-hydrogen) atoms. The number of Topliss-reactive ketones (excluding diaryl/α,β-unsaturated/α-hetero) is 1. The Morgan fingerprint density at radius 1 is 1.39 bits per heavy atom. The minimum absolute atomic E-state index is 0. The molecule has 102 valence electrons. The van der Waals surface area contributed by atoms with E-state index in [9.17, 15) is 18.0 Å². The van der Waals surface area contributed by atoms with Gasteiger partial charge < -0.3 is 16.8 Å². The molecule has 1 rings (SSSR count). The molecule has 0 unspecified atom stereocenters. The third kappa shape index (κ3) is 4.04. The number of nitrogens with one attached hydrogen (secondary N) is 1. The molecule has 9 heteroatoms. The maximum absolute atomic E-state index is 12.2. The largest absolute Gasteiger partial charge is 0.455 e. The first-order valence-electron chi connectivity index (χ1n) is 4.68. The highest BCUT2D eigenvalue weighted by Crippen LogP contribution is 2.24. The molecule has 0 aliphatic heterocycles. The number of carbonyl (C=O) groups is 1. The van der Waals surface area contributed by atoms with E-state index in [2.05, 4.69) is 10.3 Å². The second-order valence-corrected chi connectivity index (χ2v) is 3.17. The topological polar surface area (TPSA) is 94.0 Å². The van der Waals surface area contributed by atoms with Gasteiger partial charge in [0.25, 0.3) is 5.78 Å². The number of anilines is 2. The number of halogens is 4. The molecule has 0 aromatic carbocycles. The predicted molar refractivity (Wildman–Crippen MR) is 63.8 cm³/mol. The van der Waals surface area contributed by atoms with E-state index >= 15 is 0 Å². The maximum atomic E-state index is 12.2. The minimum atomic E-state index is -4.96. The van der Waals surface area contributed by atoms with Gasteiger partial charge in [-0.1, -0.05) is 0 Å². The van der Waals surface area contributed by atoms with Crippen molar-refractivity contribution in [3.63, 3.8) is 0 Å². The molecule has 0 amide bonds. The van der Waals surface area contributed by atoms with Crippen LogP contribution in [-0.4, -0.2) is 30.0 Å². The minimum Gasteiger partial charge on any atom is -0.383 e. The van der Waals surface area contributed by atoms with Crippen molar-refractivity contribution in [2.24, 2.45) is 5.73 Å². The van der Waals surface area contributed by atoms with Crippen LogP contribution < -0.4 is 16.8 Å². The van der Waals surface area contributed by atoms with E-state index in [1.807, 2.05) is 0 Å². The molecule has 0 saturated carbocycles. The highest BCUT2D eigenvalue weighted by atomic mass is 35.5. The molecule has 5 nitrogen and oxygen atoms in total. The van der Waals surface area contributed by atoms with Crippen LogP contribution >= 0.6 is 12.4 Å². The molecule has 0 spiro atoms. The van der Waals surface area contributed by atoms with E-state index < -0.39 is 23.3 Å². The van der Waals surface area contributed by atoms with Crippen LogP contribution in [0.2, 0.25) is 0 Å². The molecule has 1 aromatic rings. The SMILES string of the molecule is Cl.NCCNc1ccc(C(=O)C(F)(F)F)c(N)n1. The van der Waals surface area contributed by atoms with Crippen LogP contribution in [0.25, 0.3) is 0 Å². The second kappa shape index (κ2) is 6.41. The fourth-order valence-electron chi connectivity index (χ4n) is 1.12. The fourth-order valence-corrected chi connectivity index (χ4v) is 1.12. The molecule has 0 aliphatic carbocycles. The van der Waals surface area contributed by atoms with Crippen molar-refractivity contribution in [1.29, 1.82) is 0 Å². The second-order valence-electron chi connectivity index (χ2n) is 3.17. The first-order chi connectivity index (χ1) is 7.86. The van der Waals surface area contributed by atoms with Gasteiger partial charge in [-0.05, 0) is 12.1 Å². The van der Waals surface area contributed by atoms with Crippen LogP contribution in [0.4, 0.5) is 24.8 Å². The summed E-state index contributed by atoms with van der Waals surface area (Å²) in [6.45, 7) is 0.740. The number of hydrogen-bond donors (Lipinski definition) is 3. The van der Waals surface area contributed by atoms with Crippen LogP contribution in [-0.2, 0) is 0 Å². The average Bonchev–Trinajstić information content (AvgIpc) is 2.24. The van der Waals surface area contributed by atoms with Gasteiger partial charge in [-0.25, -0.2) is 4.98 Å². The Balaban J connectivity index is 0.00000289. The lowest BCUT2D eigenvalue weighted by atomic mass is 10.1. The van der Waals surface area contributed by atoms with Crippen molar-refractivity contribution in [3.05, 3.63) is 17.7 Å². The molecule has 1 aromatic heterocycles. The molecule has 5 N–H and O–H groups in total. The number of ketones is 1. The number of carbonyl (C=O) groups excluding carboxylic acids is 1. The molecular formula is C9H12ClF3N4O. The number of nitrogen functional groups attached to an aromatic ring is 1. The Morgan fingerprint density at radius 2 is 2.00 bits per heavy atom. The average molecular weight is 285 g/mol. The fraction of sp³-hybridized carbons (Fsp3) is 0.333. The normalized spacial score (nSPS) is 10.7. The van der Waals surface area contributed by atoms with Crippen LogP contribution in [0.15, 0.2) is 12.1 Å². The van der Waals surface area contributed by atoms with Gasteiger partial charge in [-0.2, -0.15) is 13.2 Å². The summed E-state index contributed by atoms with van der Waals surface area (Å²) >= 11 is 0. The number of hydrogen-bond acceptors (Lipinski definition) is 5. The summed E-state index contributed by atoms with van der Waals surface area (Å²) in [6.07, 6.45) is -4.96. The molecule has 1 heterocycles. The number of nitrogens with two attached hydrogens (primary N) is 2. The standard InChI is InChI=1S/C9H11F3N4O.ClH/c10-9(11,12)7(17)5-1-2-6(15-4-3-13)16-8(5)14;/h1-2H,3-4,13H2,(H3,14,15,16);1H. The van der Waals surface area contributed by atoms with Gasteiger partial charge >= 0.3 is 6.18 Å². The number of nitrogens with zero attached hydrogens (tertiary/aromatic N) is 1. The van der Waals surface area contributed by atoms with Crippen molar-refractivity contribution in [2.75, 3.05) is 24.1 Å². The Labute approximate surface area is 107 Å². The number of alkyl halides is 3. The molecule has 0 saturated heterocycles. The van der Waals surface area contributed by atoms with E-state index in [0.29, 0.717) is 13.1 Å². The highest BCUT2D eigenvalue weighted by Gasteiger charge is 2.40. The van der Waals surface area contributed by atoms with Gasteiger partial charge in [-0.3, -0.25) is 4.79 Å². The summed E-state index contributed by atoms with van der Waals surface area (Å²) in [4.78, 5) is 14.6. The molecule has 0 bridgehead atoms. The van der Waals surface area contributed by atoms with Gasteiger partial charge in [-0.15, -0.1) is 12.4 Å². The molecular weight excluding hydrogens is 273 g/mol. The van der Waals surface area contributed by atoms with Crippen molar-refractivity contribution < 1.29 is 18.0 Å². The van der Waals surface area contributed by atoms with Gasteiger partial charge in [0.05, 0.1) is 5.56 Å². The Hall–Kier alpha value is -1.54. The first-order valence-corrected chi connectivity index (χ1v) is 4.68. The van der Waals surface area contributed by atoms with Crippen molar-refractivity contribution in [1.82, 2.24) is 4.98 Å². The molecule has 0 aliphatic rings. The van der Waals surface area contributed by atoms with Gasteiger partial charge in [0.15, 0.2) is 0 Å². The summed E-state index contributed by atoms with van der Waals surface area (Å²) in [7, 11) is 0. The Kier molecular flexibility index (Phi) is 5.86. The van der Waals surface area contributed by atoms with Gasteiger partial charge in [0, 0.05) is 13.1 Å². The van der Waals surface area contributed by atoms with Crippen LogP contribution in [0.1, 0.15) is 10.4 Å². The Morgan fingerprint density at radius 3 is 2.44 bits per heavy atom. The van der Waals surface area contributed by atoms with Crippen LogP contribution in [0, 0.1) is 0 Å². The van der Waals surface area contributed by atoms with Crippen molar-refractivity contribution in [2.45, 2.75) is 6.18 Å². The third-order valence-electron chi connectivity index (χ3n) is 1.88. The number of aromatic nitrogens is 1. The zero-order valence-corrected chi connectivity index (χ0v) is 9.94. The molecule has 0 radical (unpaired) electrons.